The van der Waals surface area contributed by atoms with Gasteiger partial charge >= 0.3 is 5.97 Å². The van der Waals surface area contributed by atoms with Crippen LogP contribution in [0.1, 0.15) is 22.7 Å². The Kier molecular flexibility index (Phi) is 1.81. The SMILES string of the molecule is O=C(O)c1cn2c(n1)CCC(O)C2. The van der Waals surface area contributed by atoms with Gasteiger partial charge < -0.3 is 14.8 Å². The monoisotopic (exact) mass is 182 g/mol. The van der Waals surface area contributed by atoms with Crippen molar-refractivity contribution in [2.75, 3.05) is 0 Å². The summed E-state index contributed by atoms with van der Waals surface area (Å²) in [4.78, 5) is 14.5. The van der Waals surface area contributed by atoms with Crippen molar-refractivity contribution in [2.45, 2.75) is 25.5 Å². The molecular formula is C8H10N2O3. The molecule has 1 atom stereocenters. The third-order valence-electron chi connectivity index (χ3n) is 2.19. The van der Waals surface area contributed by atoms with E-state index in [1.54, 1.807) is 4.57 Å². The highest BCUT2D eigenvalue weighted by molar-refractivity contribution is 5.85. The molecule has 0 amide bonds. The predicted octanol–water partition coefficient (Wildman–Crippen LogP) is -0.112. The largest absolute Gasteiger partial charge is 0.476 e. The molecule has 0 aromatic carbocycles. The number of hydrogen-bond donors (Lipinski definition) is 2. The number of aliphatic hydroxyl groups excluding tert-OH is 1. The Bertz CT molecular complexity index is 345. The molecule has 5 heteroatoms. The van der Waals surface area contributed by atoms with E-state index in [1.165, 1.54) is 6.20 Å². The lowest BCUT2D eigenvalue weighted by molar-refractivity contribution is 0.0690. The summed E-state index contributed by atoms with van der Waals surface area (Å²) in [6.45, 7) is 0.454. The number of carbonyl (C=O) groups is 1. The molecule has 2 rings (SSSR count). The van der Waals surface area contributed by atoms with Crippen molar-refractivity contribution in [3.05, 3.63) is 17.7 Å². The van der Waals surface area contributed by atoms with E-state index in [1.807, 2.05) is 0 Å². The van der Waals surface area contributed by atoms with E-state index in [4.69, 9.17) is 5.11 Å². The molecule has 0 radical (unpaired) electrons. The zero-order valence-corrected chi connectivity index (χ0v) is 6.97. The van der Waals surface area contributed by atoms with Crippen LogP contribution in [-0.4, -0.2) is 31.8 Å². The fourth-order valence-corrected chi connectivity index (χ4v) is 1.53. The number of imidazole rings is 1. The van der Waals surface area contributed by atoms with Crippen LogP contribution in [0.2, 0.25) is 0 Å². The van der Waals surface area contributed by atoms with Gasteiger partial charge in [-0.2, -0.15) is 0 Å². The van der Waals surface area contributed by atoms with Gasteiger partial charge in [-0.05, 0) is 6.42 Å². The average molecular weight is 182 g/mol. The summed E-state index contributed by atoms with van der Waals surface area (Å²) in [5, 5.41) is 18.0. The summed E-state index contributed by atoms with van der Waals surface area (Å²) < 4.78 is 1.71. The molecule has 0 saturated heterocycles. The smallest absolute Gasteiger partial charge is 0.356 e. The molecule has 0 fully saturated rings. The molecule has 1 aliphatic rings. The van der Waals surface area contributed by atoms with Crippen molar-refractivity contribution in [1.82, 2.24) is 9.55 Å². The second-order valence-corrected chi connectivity index (χ2v) is 3.19. The number of carboxylic acids is 1. The summed E-state index contributed by atoms with van der Waals surface area (Å²) in [6, 6.07) is 0. The number of rotatable bonds is 1. The van der Waals surface area contributed by atoms with E-state index < -0.39 is 5.97 Å². The van der Waals surface area contributed by atoms with Gasteiger partial charge in [-0.1, -0.05) is 0 Å². The van der Waals surface area contributed by atoms with Crippen molar-refractivity contribution in [1.29, 1.82) is 0 Å². The van der Waals surface area contributed by atoms with Gasteiger partial charge in [0.05, 0.1) is 6.10 Å². The lowest BCUT2D eigenvalue weighted by atomic mass is 10.1. The fourth-order valence-electron chi connectivity index (χ4n) is 1.53. The summed E-state index contributed by atoms with van der Waals surface area (Å²) >= 11 is 0. The lowest BCUT2D eigenvalue weighted by Crippen LogP contribution is -2.23. The maximum absolute atomic E-state index is 10.6. The molecule has 2 heterocycles. The van der Waals surface area contributed by atoms with Crippen LogP contribution in [0, 0.1) is 0 Å². The fraction of sp³-hybridized carbons (Fsp3) is 0.500. The number of aromatic nitrogens is 2. The predicted molar refractivity (Wildman–Crippen MR) is 43.5 cm³/mol. The number of nitrogens with zero attached hydrogens (tertiary/aromatic N) is 2. The van der Waals surface area contributed by atoms with Gasteiger partial charge in [0.15, 0.2) is 5.69 Å². The van der Waals surface area contributed by atoms with Crippen LogP contribution in [0.3, 0.4) is 0 Å². The topological polar surface area (TPSA) is 75.3 Å². The molecule has 0 saturated carbocycles. The quantitative estimate of drug-likeness (QED) is 0.635. The number of carboxylic acid groups (broad SMARTS) is 1. The molecule has 1 aromatic heterocycles. The van der Waals surface area contributed by atoms with Gasteiger partial charge in [-0.25, -0.2) is 9.78 Å². The number of aromatic carboxylic acids is 1. The Hall–Kier alpha value is -1.36. The molecule has 0 bridgehead atoms. The number of hydrogen-bond acceptors (Lipinski definition) is 3. The molecule has 1 aromatic rings. The van der Waals surface area contributed by atoms with Gasteiger partial charge in [-0.3, -0.25) is 0 Å². The van der Waals surface area contributed by atoms with Crippen LogP contribution < -0.4 is 0 Å². The zero-order chi connectivity index (χ0) is 9.42. The second-order valence-electron chi connectivity index (χ2n) is 3.19. The number of aliphatic hydroxyl groups is 1. The minimum Gasteiger partial charge on any atom is -0.476 e. The Morgan fingerprint density at radius 3 is 3.15 bits per heavy atom. The van der Waals surface area contributed by atoms with Crippen LogP contribution in [-0.2, 0) is 13.0 Å². The molecule has 13 heavy (non-hydrogen) atoms. The molecule has 0 aliphatic carbocycles. The van der Waals surface area contributed by atoms with Crippen molar-refractivity contribution >= 4 is 5.97 Å². The zero-order valence-electron chi connectivity index (χ0n) is 6.97. The summed E-state index contributed by atoms with van der Waals surface area (Å²) in [7, 11) is 0. The average Bonchev–Trinajstić information content (AvgIpc) is 2.46. The van der Waals surface area contributed by atoms with Crippen LogP contribution in [0.5, 0.6) is 0 Å². The minimum atomic E-state index is -1.02. The molecule has 1 aliphatic heterocycles. The van der Waals surface area contributed by atoms with E-state index >= 15 is 0 Å². The Labute approximate surface area is 74.6 Å². The van der Waals surface area contributed by atoms with E-state index in [9.17, 15) is 9.90 Å². The first-order valence-corrected chi connectivity index (χ1v) is 4.14. The normalized spacial score (nSPS) is 21.2. The molecule has 2 N–H and O–H groups in total. The maximum atomic E-state index is 10.6. The highest BCUT2D eigenvalue weighted by Gasteiger charge is 2.20. The molecular weight excluding hydrogens is 172 g/mol. The van der Waals surface area contributed by atoms with E-state index in [-0.39, 0.29) is 11.8 Å². The first-order chi connectivity index (χ1) is 6.16. The van der Waals surface area contributed by atoms with Gasteiger partial charge in [0.25, 0.3) is 0 Å². The first kappa shape index (κ1) is 8.25. The lowest BCUT2D eigenvalue weighted by Gasteiger charge is -2.18. The van der Waals surface area contributed by atoms with Crippen molar-refractivity contribution in [3.8, 4) is 0 Å². The highest BCUT2D eigenvalue weighted by Crippen LogP contribution is 2.14. The Morgan fingerprint density at radius 2 is 2.46 bits per heavy atom. The maximum Gasteiger partial charge on any atom is 0.356 e. The van der Waals surface area contributed by atoms with Gasteiger partial charge in [-0.15, -0.1) is 0 Å². The molecule has 70 valence electrons. The van der Waals surface area contributed by atoms with Crippen LogP contribution in [0.15, 0.2) is 6.20 Å². The van der Waals surface area contributed by atoms with E-state index in [2.05, 4.69) is 4.98 Å². The third-order valence-corrected chi connectivity index (χ3v) is 2.19. The number of aryl methyl sites for hydroxylation is 1. The third kappa shape index (κ3) is 1.42. The molecule has 5 nitrogen and oxygen atoms in total. The molecule has 1 unspecified atom stereocenters. The van der Waals surface area contributed by atoms with Crippen LogP contribution in [0.25, 0.3) is 0 Å². The molecule has 0 spiro atoms. The summed E-state index contributed by atoms with van der Waals surface area (Å²) in [5.74, 6) is -0.265. The Balaban J connectivity index is 2.33. The standard InChI is InChI=1S/C8H10N2O3/c11-5-1-2-7-9-6(8(12)13)4-10(7)3-5/h4-5,11H,1-3H2,(H,12,13). The van der Waals surface area contributed by atoms with Gasteiger partial charge in [0.1, 0.15) is 5.82 Å². The second kappa shape index (κ2) is 2.85. The van der Waals surface area contributed by atoms with E-state index in [0.29, 0.717) is 19.4 Å². The minimum absolute atomic E-state index is 0.0594. The summed E-state index contributed by atoms with van der Waals surface area (Å²) in [5.41, 5.74) is 0.0594. The van der Waals surface area contributed by atoms with Crippen LogP contribution >= 0.6 is 0 Å². The Morgan fingerprint density at radius 1 is 1.69 bits per heavy atom. The number of fused-ring (bicyclic) bond motifs is 1. The van der Waals surface area contributed by atoms with Gasteiger partial charge in [0.2, 0.25) is 0 Å². The van der Waals surface area contributed by atoms with Gasteiger partial charge in [0, 0.05) is 19.2 Å². The van der Waals surface area contributed by atoms with E-state index in [0.717, 1.165) is 5.82 Å². The summed E-state index contributed by atoms with van der Waals surface area (Å²) in [6.07, 6.45) is 2.41. The van der Waals surface area contributed by atoms with Crippen molar-refractivity contribution < 1.29 is 15.0 Å². The highest BCUT2D eigenvalue weighted by atomic mass is 16.4. The first-order valence-electron chi connectivity index (χ1n) is 4.14. The van der Waals surface area contributed by atoms with Crippen LogP contribution in [0.4, 0.5) is 0 Å². The van der Waals surface area contributed by atoms with Crippen molar-refractivity contribution in [3.63, 3.8) is 0 Å². The van der Waals surface area contributed by atoms with Crippen molar-refractivity contribution in [2.24, 2.45) is 0 Å².